The molecule has 4 rings (SSSR count). The molecule has 1 aromatic carbocycles. The van der Waals surface area contributed by atoms with Crippen molar-refractivity contribution >= 4 is 0 Å². The van der Waals surface area contributed by atoms with Crippen LogP contribution in [-0.4, -0.2) is 42.2 Å². The van der Waals surface area contributed by atoms with Crippen LogP contribution in [0.2, 0.25) is 0 Å². The van der Waals surface area contributed by atoms with Crippen LogP contribution in [0.25, 0.3) is 0 Å². The molecular weight excluding hydrogens is 298 g/mol. The summed E-state index contributed by atoms with van der Waals surface area (Å²) in [5, 5.41) is 3.72. The Morgan fingerprint density at radius 1 is 1.17 bits per heavy atom. The third-order valence-corrected chi connectivity index (χ3v) is 5.45. The zero-order chi connectivity index (χ0) is 16.0. The summed E-state index contributed by atoms with van der Waals surface area (Å²) >= 11 is 0. The van der Waals surface area contributed by atoms with E-state index < -0.39 is 11.6 Å². The fraction of sp³-hybridized carbons (Fsp3) is 0.667. The average Bonchev–Trinajstić information content (AvgIpc) is 3.16. The lowest BCUT2D eigenvalue weighted by Crippen LogP contribution is -2.41. The third kappa shape index (κ3) is 3.14. The third-order valence-electron chi connectivity index (χ3n) is 5.45. The number of rotatable bonds is 4. The van der Waals surface area contributed by atoms with Gasteiger partial charge in [-0.3, -0.25) is 4.90 Å². The van der Waals surface area contributed by atoms with Gasteiger partial charge in [-0.1, -0.05) is 6.07 Å². The van der Waals surface area contributed by atoms with E-state index in [9.17, 15) is 8.78 Å². The monoisotopic (exact) mass is 322 g/mol. The van der Waals surface area contributed by atoms with Crippen LogP contribution in [0, 0.1) is 11.6 Å². The van der Waals surface area contributed by atoms with Gasteiger partial charge in [-0.05, 0) is 50.3 Å². The summed E-state index contributed by atoms with van der Waals surface area (Å²) in [6.07, 6.45) is 4.55. The first-order chi connectivity index (χ1) is 11.1. The Morgan fingerprint density at radius 3 is 2.74 bits per heavy atom. The molecule has 4 atom stereocenters. The predicted octanol–water partition coefficient (Wildman–Crippen LogP) is 3.01. The molecule has 0 bridgehead atoms. The molecule has 0 unspecified atom stereocenters. The number of nitrogens with zero attached hydrogens (tertiary/aromatic N) is 1. The molecule has 1 saturated carbocycles. The molecule has 3 aliphatic rings. The second kappa shape index (κ2) is 6.11. The quantitative estimate of drug-likeness (QED) is 0.922. The van der Waals surface area contributed by atoms with Crippen LogP contribution in [0.5, 0.6) is 0 Å². The number of ether oxygens (including phenoxy) is 1. The van der Waals surface area contributed by atoms with Gasteiger partial charge in [0.05, 0.1) is 6.10 Å². The number of benzene rings is 1. The molecule has 1 aliphatic carbocycles. The number of hydrogen-bond acceptors (Lipinski definition) is 3. The molecule has 2 heterocycles. The highest BCUT2D eigenvalue weighted by atomic mass is 19.2. The second-order valence-electron chi connectivity index (χ2n) is 7.24. The van der Waals surface area contributed by atoms with Gasteiger partial charge in [0.15, 0.2) is 11.6 Å². The van der Waals surface area contributed by atoms with Crippen molar-refractivity contribution in [1.82, 2.24) is 10.2 Å². The maximum absolute atomic E-state index is 13.5. The average molecular weight is 322 g/mol. The van der Waals surface area contributed by atoms with Crippen molar-refractivity contribution in [3.05, 3.63) is 35.4 Å². The Labute approximate surface area is 136 Å². The first kappa shape index (κ1) is 15.5. The van der Waals surface area contributed by atoms with Gasteiger partial charge in [-0.2, -0.15) is 0 Å². The summed E-state index contributed by atoms with van der Waals surface area (Å²) < 4.78 is 32.5. The van der Waals surface area contributed by atoms with E-state index in [1.54, 1.807) is 6.07 Å². The standard InChI is InChI=1S/C18H24F2N2O/c1-11-8-13(10-22(11)14-3-4-14)21-17-6-7-23-18(17)12-2-5-15(19)16(20)9-12/h2,5,9,11,13-14,17-18,21H,3-4,6-8,10H2,1H3/t11-,13+,17+,18+/m1/s1. The molecule has 0 amide bonds. The minimum absolute atomic E-state index is 0.177. The Balaban J connectivity index is 1.42. The fourth-order valence-electron chi connectivity index (χ4n) is 4.17. The highest BCUT2D eigenvalue weighted by Crippen LogP contribution is 2.35. The van der Waals surface area contributed by atoms with Crippen LogP contribution in [0.1, 0.15) is 44.3 Å². The smallest absolute Gasteiger partial charge is 0.159 e. The summed E-state index contributed by atoms with van der Waals surface area (Å²) in [6.45, 7) is 4.06. The van der Waals surface area contributed by atoms with E-state index in [4.69, 9.17) is 4.74 Å². The van der Waals surface area contributed by atoms with Gasteiger partial charge in [0.2, 0.25) is 0 Å². The Kier molecular flexibility index (Phi) is 4.12. The van der Waals surface area contributed by atoms with Crippen molar-refractivity contribution in [3.8, 4) is 0 Å². The van der Waals surface area contributed by atoms with Crippen molar-refractivity contribution in [2.24, 2.45) is 0 Å². The van der Waals surface area contributed by atoms with Crippen LogP contribution in [0.4, 0.5) is 8.78 Å². The zero-order valence-electron chi connectivity index (χ0n) is 13.5. The minimum atomic E-state index is -0.805. The van der Waals surface area contributed by atoms with E-state index in [0.717, 1.165) is 31.0 Å². The lowest BCUT2D eigenvalue weighted by molar-refractivity contribution is 0.0961. The Hall–Kier alpha value is -1.04. The lowest BCUT2D eigenvalue weighted by Gasteiger charge is -2.24. The van der Waals surface area contributed by atoms with Crippen LogP contribution in [0.3, 0.4) is 0 Å². The van der Waals surface area contributed by atoms with Gasteiger partial charge in [0.1, 0.15) is 0 Å². The first-order valence-electron chi connectivity index (χ1n) is 8.70. The van der Waals surface area contributed by atoms with Gasteiger partial charge < -0.3 is 10.1 Å². The lowest BCUT2D eigenvalue weighted by atomic mass is 10.0. The first-order valence-corrected chi connectivity index (χ1v) is 8.70. The molecule has 2 saturated heterocycles. The predicted molar refractivity (Wildman–Crippen MR) is 84.2 cm³/mol. The molecule has 0 aromatic heterocycles. The molecule has 126 valence electrons. The SMILES string of the molecule is C[C@@H]1C[C@H](N[C@H]2CCO[C@H]2c2ccc(F)c(F)c2)CN1C1CC1. The van der Waals surface area contributed by atoms with E-state index in [-0.39, 0.29) is 12.1 Å². The summed E-state index contributed by atoms with van der Waals surface area (Å²) in [5.41, 5.74) is 0.726. The highest BCUT2D eigenvalue weighted by Gasteiger charge is 2.40. The molecule has 23 heavy (non-hydrogen) atoms. The summed E-state index contributed by atoms with van der Waals surface area (Å²) in [7, 11) is 0. The fourth-order valence-corrected chi connectivity index (χ4v) is 4.17. The summed E-state index contributed by atoms with van der Waals surface area (Å²) in [6, 6.07) is 6.16. The molecule has 3 nitrogen and oxygen atoms in total. The van der Waals surface area contributed by atoms with E-state index in [2.05, 4.69) is 17.1 Å². The second-order valence-corrected chi connectivity index (χ2v) is 7.24. The zero-order valence-corrected chi connectivity index (χ0v) is 13.5. The molecule has 1 aromatic rings. The molecule has 3 fully saturated rings. The molecule has 0 radical (unpaired) electrons. The topological polar surface area (TPSA) is 24.5 Å². The van der Waals surface area contributed by atoms with Crippen molar-refractivity contribution in [1.29, 1.82) is 0 Å². The molecular formula is C18H24F2N2O. The van der Waals surface area contributed by atoms with E-state index in [1.165, 1.54) is 25.0 Å². The molecule has 1 N–H and O–H groups in total. The van der Waals surface area contributed by atoms with Crippen molar-refractivity contribution < 1.29 is 13.5 Å². The van der Waals surface area contributed by atoms with E-state index in [1.807, 2.05) is 0 Å². The van der Waals surface area contributed by atoms with Gasteiger partial charge in [0.25, 0.3) is 0 Å². The number of halogens is 2. The number of likely N-dealkylation sites (tertiary alicyclic amines) is 1. The van der Waals surface area contributed by atoms with Crippen molar-refractivity contribution in [2.75, 3.05) is 13.2 Å². The van der Waals surface area contributed by atoms with E-state index >= 15 is 0 Å². The molecule has 5 heteroatoms. The minimum Gasteiger partial charge on any atom is -0.372 e. The Morgan fingerprint density at radius 2 is 2.00 bits per heavy atom. The van der Waals surface area contributed by atoms with Gasteiger partial charge >= 0.3 is 0 Å². The van der Waals surface area contributed by atoms with Crippen LogP contribution < -0.4 is 5.32 Å². The van der Waals surface area contributed by atoms with Gasteiger partial charge in [-0.25, -0.2) is 8.78 Å². The summed E-state index contributed by atoms with van der Waals surface area (Å²) in [4.78, 5) is 2.61. The summed E-state index contributed by atoms with van der Waals surface area (Å²) in [5.74, 6) is -1.60. The van der Waals surface area contributed by atoms with Gasteiger partial charge in [0, 0.05) is 37.3 Å². The van der Waals surface area contributed by atoms with Crippen LogP contribution in [-0.2, 0) is 4.74 Å². The van der Waals surface area contributed by atoms with Crippen LogP contribution >= 0.6 is 0 Å². The molecule has 2 aliphatic heterocycles. The van der Waals surface area contributed by atoms with Crippen molar-refractivity contribution in [3.63, 3.8) is 0 Å². The Bertz CT molecular complexity index is 578. The van der Waals surface area contributed by atoms with E-state index in [0.29, 0.717) is 18.7 Å². The van der Waals surface area contributed by atoms with Crippen molar-refractivity contribution in [2.45, 2.75) is 62.9 Å². The normalized spacial score (nSPS) is 35.1. The van der Waals surface area contributed by atoms with Gasteiger partial charge in [-0.15, -0.1) is 0 Å². The van der Waals surface area contributed by atoms with Crippen LogP contribution in [0.15, 0.2) is 18.2 Å². The number of nitrogens with one attached hydrogen (secondary N) is 1. The maximum atomic E-state index is 13.5. The highest BCUT2D eigenvalue weighted by molar-refractivity contribution is 5.22. The number of hydrogen-bond donors (Lipinski definition) is 1. The largest absolute Gasteiger partial charge is 0.372 e. The molecule has 0 spiro atoms. The maximum Gasteiger partial charge on any atom is 0.159 e.